The summed E-state index contributed by atoms with van der Waals surface area (Å²) < 4.78 is 32.8. The van der Waals surface area contributed by atoms with E-state index in [0.717, 1.165) is 38.8 Å². The molecule has 2 saturated heterocycles. The number of nitrogens with one attached hydrogen (secondary N) is 3. The molecule has 2 aliphatic heterocycles. The van der Waals surface area contributed by atoms with E-state index in [9.17, 15) is 13.2 Å². The molecule has 7 nitrogen and oxygen atoms in total. The summed E-state index contributed by atoms with van der Waals surface area (Å²) in [5.74, 6) is -0.175. The Hall–Kier alpha value is -1.19. The van der Waals surface area contributed by atoms with Crippen LogP contribution in [-0.2, 0) is 14.8 Å². The number of ether oxygens (including phenoxy) is 1. The third kappa shape index (κ3) is 6.15. The fraction of sp³-hybridized carbons (Fsp3) is 0.632. The fourth-order valence-electron chi connectivity index (χ4n) is 3.48. The Morgan fingerprint density at radius 1 is 1.25 bits per heavy atom. The van der Waals surface area contributed by atoms with Crippen molar-refractivity contribution in [1.29, 1.82) is 0 Å². The third-order valence-corrected chi connectivity index (χ3v) is 6.88. The van der Waals surface area contributed by atoms with Crippen molar-refractivity contribution in [3.63, 3.8) is 0 Å². The van der Waals surface area contributed by atoms with Gasteiger partial charge in [0.05, 0.1) is 11.0 Å². The van der Waals surface area contributed by atoms with Crippen molar-refractivity contribution in [3.05, 3.63) is 29.8 Å². The number of piperidine rings is 1. The Balaban J connectivity index is 0.00000280. The molecule has 1 unspecified atom stereocenters. The van der Waals surface area contributed by atoms with Gasteiger partial charge in [0, 0.05) is 25.3 Å². The first-order valence-corrected chi connectivity index (χ1v) is 11.1. The zero-order chi connectivity index (χ0) is 19.3. The molecule has 0 bridgehead atoms. The van der Waals surface area contributed by atoms with Crippen molar-refractivity contribution < 1.29 is 17.9 Å². The second-order valence-electron chi connectivity index (χ2n) is 7.75. The summed E-state index contributed by atoms with van der Waals surface area (Å²) in [6.07, 6.45) is 3.84. The van der Waals surface area contributed by atoms with Gasteiger partial charge in [-0.2, -0.15) is 0 Å². The summed E-state index contributed by atoms with van der Waals surface area (Å²) in [5.41, 5.74) is 0.571. The van der Waals surface area contributed by atoms with Gasteiger partial charge in [-0.3, -0.25) is 4.79 Å². The van der Waals surface area contributed by atoms with E-state index in [1.165, 1.54) is 12.1 Å². The van der Waals surface area contributed by atoms with Crippen LogP contribution in [0.1, 0.15) is 43.0 Å². The van der Waals surface area contributed by atoms with Gasteiger partial charge in [0.25, 0.3) is 5.91 Å². The fourth-order valence-corrected chi connectivity index (χ4v) is 4.55. The zero-order valence-corrected chi connectivity index (χ0v) is 17.8. The predicted molar refractivity (Wildman–Crippen MR) is 110 cm³/mol. The van der Waals surface area contributed by atoms with Crippen LogP contribution < -0.4 is 15.4 Å². The molecule has 2 heterocycles. The number of carbonyl (C=O) groups excluding carboxylic acids is 1. The van der Waals surface area contributed by atoms with Crippen LogP contribution in [0.2, 0.25) is 0 Å². The Kier molecular flexibility index (Phi) is 8.27. The summed E-state index contributed by atoms with van der Waals surface area (Å²) in [5, 5.41) is 6.31. The Labute approximate surface area is 173 Å². The number of hydrogen-bond donors (Lipinski definition) is 3. The first kappa shape index (κ1) is 23.1. The second kappa shape index (κ2) is 10.0. The molecule has 3 rings (SSSR count). The van der Waals surface area contributed by atoms with Crippen LogP contribution in [0.3, 0.4) is 0 Å². The molecule has 3 N–H and O–H groups in total. The molecular formula is C19H30ClN3O4S. The summed E-state index contributed by atoms with van der Waals surface area (Å²) >= 11 is 0. The third-order valence-electron chi connectivity index (χ3n) is 5.44. The number of benzene rings is 1. The molecule has 158 valence electrons. The minimum Gasteiger partial charge on any atom is -0.377 e. The lowest BCUT2D eigenvalue weighted by atomic mass is 9.81. The van der Waals surface area contributed by atoms with E-state index in [2.05, 4.69) is 22.3 Å². The van der Waals surface area contributed by atoms with Gasteiger partial charge < -0.3 is 15.4 Å². The highest BCUT2D eigenvalue weighted by Crippen LogP contribution is 2.26. The van der Waals surface area contributed by atoms with Crippen molar-refractivity contribution in [3.8, 4) is 0 Å². The molecule has 2 aliphatic rings. The molecule has 0 aliphatic carbocycles. The number of sulfonamides is 1. The van der Waals surface area contributed by atoms with Gasteiger partial charge >= 0.3 is 0 Å². The van der Waals surface area contributed by atoms with E-state index >= 15 is 0 Å². The largest absolute Gasteiger partial charge is 0.377 e. The molecule has 1 amide bonds. The number of carbonyl (C=O) groups is 1. The molecule has 1 atom stereocenters. The van der Waals surface area contributed by atoms with E-state index in [-0.39, 0.29) is 41.3 Å². The Morgan fingerprint density at radius 2 is 1.93 bits per heavy atom. The lowest BCUT2D eigenvalue weighted by molar-refractivity contribution is 0.0922. The van der Waals surface area contributed by atoms with Crippen LogP contribution in [0.4, 0.5) is 0 Å². The molecule has 1 aromatic rings. The zero-order valence-electron chi connectivity index (χ0n) is 16.2. The molecule has 0 saturated carbocycles. The predicted octanol–water partition coefficient (Wildman–Crippen LogP) is 1.69. The second-order valence-corrected chi connectivity index (χ2v) is 9.52. The topological polar surface area (TPSA) is 96.5 Å². The van der Waals surface area contributed by atoms with Crippen LogP contribution >= 0.6 is 12.4 Å². The lowest BCUT2D eigenvalue weighted by Gasteiger charge is -2.34. The maximum absolute atomic E-state index is 12.4. The summed E-state index contributed by atoms with van der Waals surface area (Å²) in [6.45, 7) is 5.71. The minimum atomic E-state index is -3.60. The number of hydrogen-bond acceptors (Lipinski definition) is 5. The van der Waals surface area contributed by atoms with E-state index in [4.69, 9.17) is 4.74 Å². The maximum Gasteiger partial charge on any atom is 0.251 e. The van der Waals surface area contributed by atoms with Gasteiger partial charge in [-0.25, -0.2) is 13.1 Å². The highest BCUT2D eigenvalue weighted by Gasteiger charge is 2.27. The average Bonchev–Trinajstić information content (AvgIpc) is 3.19. The SMILES string of the molecule is CC1(CNC(=O)c2ccc(S(=O)(=O)NCC3CCCO3)cc2)CCNCC1.Cl. The minimum absolute atomic E-state index is 0. The highest BCUT2D eigenvalue weighted by molar-refractivity contribution is 7.89. The average molecular weight is 432 g/mol. The van der Waals surface area contributed by atoms with E-state index in [0.29, 0.717) is 18.7 Å². The Bertz CT molecular complexity index is 743. The van der Waals surface area contributed by atoms with E-state index < -0.39 is 10.0 Å². The monoisotopic (exact) mass is 431 g/mol. The van der Waals surface area contributed by atoms with Crippen molar-refractivity contribution in [2.24, 2.45) is 5.41 Å². The molecule has 9 heteroatoms. The molecule has 0 aromatic heterocycles. The van der Waals surface area contributed by atoms with Crippen molar-refractivity contribution in [1.82, 2.24) is 15.4 Å². The molecule has 0 spiro atoms. The summed E-state index contributed by atoms with van der Waals surface area (Å²) in [6, 6.07) is 6.05. The van der Waals surface area contributed by atoms with Crippen molar-refractivity contribution >= 4 is 28.3 Å². The summed E-state index contributed by atoms with van der Waals surface area (Å²) in [4.78, 5) is 12.5. The molecule has 2 fully saturated rings. The number of halogens is 1. The molecule has 0 radical (unpaired) electrons. The van der Waals surface area contributed by atoms with Gasteiger partial charge in [0.1, 0.15) is 0 Å². The van der Waals surface area contributed by atoms with Crippen LogP contribution in [0.25, 0.3) is 0 Å². The van der Waals surface area contributed by atoms with E-state index in [1.807, 2.05) is 0 Å². The van der Waals surface area contributed by atoms with Crippen LogP contribution in [-0.4, -0.2) is 53.2 Å². The number of amides is 1. The van der Waals surface area contributed by atoms with Crippen LogP contribution in [0.15, 0.2) is 29.2 Å². The molecular weight excluding hydrogens is 402 g/mol. The normalized spacial score (nSPS) is 21.7. The smallest absolute Gasteiger partial charge is 0.251 e. The van der Waals surface area contributed by atoms with Gasteiger partial charge in [0.15, 0.2) is 0 Å². The maximum atomic E-state index is 12.4. The van der Waals surface area contributed by atoms with Gasteiger partial charge in [0.2, 0.25) is 10.0 Å². The number of rotatable bonds is 7. The lowest BCUT2D eigenvalue weighted by Crippen LogP contribution is -2.42. The standard InChI is InChI=1S/C19H29N3O4S.ClH/c1-19(8-10-20-11-9-19)14-21-18(23)15-4-6-17(7-5-15)27(24,25)22-13-16-3-2-12-26-16;/h4-7,16,20,22H,2-3,8-14H2,1H3,(H,21,23);1H. The quantitative estimate of drug-likeness (QED) is 0.610. The molecule has 1 aromatic carbocycles. The van der Waals surface area contributed by atoms with Gasteiger partial charge in [-0.1, -0.05) is 6.92 Å². The van der Waals surface area contributed by atoms with Gasteiger partial charge in [-0.15, -0.1) is 12.4 Å². The van der Waals surface area contributed by atoms with Gasteiger partial charge in [-0.05, 0) is 68.5 Å². The van der Waals surface area contributed by atoms with E-state index in [1.54, 1.807) is 12.1 Å². The van der Waals surface area contributed by atoms with Crippen molar-refractivity contribution in [2.75, 3.05) is 32.8 Å². The Morgan fingerprint density at radius 3 is 2.54 bits per heavy atom. The van der Waals surface area contributed by atoms with Crippen LogP contribution in [0.5, 0.6) is 0 Å². The first-order chi connectivity index (χ1) is 12.9. The highest BCUT2D eigenvalue weighted by atomic mass is 35.5. The van der Waals surface area contributed by atoms with Crippen molar-refractivity contribution in [2.45, 2.75) is 43.6 Å². The first-order valence-electron chi connectivity index (χ1n) is 9.58. The molecule has 28 heavy (non-hydrogen) atoms. The summed E-state index contributed by atoms with van der Waals surface area (Å²) in [7, 11) is -3.60. The van der Waals surface area contributed by atoms with Crippen LogP contribution in [0, 0.1) is 5.41 Å².